The molecule has 27 heavy (non-hydrogen) atoms. The quantitative estimate of drug-likeness (QED) is 0.741. The van der Waals surface area contributed by atoms with Gasteiger partial charge >= 0.3 is 0 Å². The predicted molar refractivity (Wildman–Crippen MR) is 112 cm³/mol. The maximum absolute atomic E-state index is 12.5. The van der Waals surface area contributed by atoms with Crippen LogP contribution in [0.25, 0.3) is 0 Å². The van der Waals surface area contributed by atoms with Crippen molar-refractivity contribution in [2.45, 2.75) is 24.2 Å². The van der Waals surface area contributed by atoms with E-state index in [0.717, 1.165) is 21.9 Å². The number of carbonyl (C=O) groups is 2. The summed E-state index contributed by atoms with van der Waals surface area (Å²) < 4.78 is 0. The van der Waals surface area contributed by atoms with Crippen LogP contribution in [-0.4, -0.2) is 30.7 Å². The fraction of sp³-hybridized carbons (Fsp3) is 0.300. The Morgan fingerprint density at radius 2 is 1.89 bits per heavy atom. The fourth-order valence-corrected chi connectivity index (χ4v) is 4.36. The second kappa shape index (κ2) is 9.49. The van der Waals surface area contributed by atoms with E-state index in [1.807, 2.05) is 36.4 Å². The average Bonchev–Trinajstić information content (AvgIpc) is 2.69. The van der Waals surface area contributed by atoms with Crippen LogP contribution in [0.1, 0.15) is 18.4 Å². The molecule has 2 amide bonds. The highest BCUT2D eigenvalue weighted by Crippen LogP contribution is 2.34. The van der Waals surface area contributed by atoms with Crippen LogP contribution in [0.5, 0.6) is 0 Å². The number of nitrogens with zero attached hydrogens (tertiary/aromatic N) is 1. The highest BCUT2D eigenvalue weighted by molar-refractivity contribution is 7.99. The summed E-state index contributed by atoms with van der Waals surface area (Å²) in [5, 5.41) is 3.86. The van der Waals surface area contributed by atoms with Gasteiger partial charge in [0, 0.05) is 36.6 Å². The molecule has 0 spiro atoms. The molecule has 0 aromatic heterocycles. The molecule has 0 radical (unpaired) electrons. The number of thioether (sulfide) groups is 1. The molecule has 0 saturated heterocycles. The Bertz CT molecular complexity index is 844. The smallest absolute Gasteiger partial charge is 0.227 e. The van der Waals surface area contributed by atoms with Gasteiger partial charge in [-0.3, -0.25) is 9.59 Å². The molecule has 0 atom stereocenters. The van der Waals surface area contributed by atoms with Crippen molar-refractivity contribution in [3.05, 3.63) is 58.1 Å². The van der Waals surface area contributed by atoms with E-state index in [4.69, 9.17) is 23.2 Å². The number of hydrogen-bond acceptors (Lipinski definition) is 3. The van der Waals surface area contributed by atoms with Gasteiger partial charge in [0.15, 0.2) is 0 Å². The van der Waals surface area contributed by atoms with E-state index in [-0.39, 0.29) is 24.7 Å². The van der Waals surface area contributed by atoms with Gasteiger partial charge in [-0.25, -0.2) is 0 Å². The minimum Gasteiger partial charge on any atom is -0.356 e. The lowest BCUT2D eigenvalue weighted by molar-refractivity contribution is -0.125. The standard InChI is InChI=1S/C20H20Cl2N2O2S/c21-15-5-3-4-14(20(15)22)10-11-23-18(25)8-9-19(26)24-12-13-27-17-7-2-1-6-16(17)24/h1-7H,8-13H2,(H,23,25). The van der Waals surface area contributed by atoms with Crippen molar-refractivity contribution in [2.24, 2.45) is 0 Å². The molecular formula is C20H20Cl2N2O2S. The van der Waals surface area contributed by atoms with E-state index in [1.54, 1.807) is 22.7 Å². The zero-order valence-electron chi connectivity index (χ0n) is 14.7. The first-order valence-electron chi connectivity index (χ1n) is 8.78. The van der Waals surface area contributed by atoms with Crippen molar-refractivity contribution in [1.29, 1.82) is 0 Å². The fourth-order valence-electron chi connectivity index (χ4n) is 2.95. The molecule has 0 saturated carbocycles. The van der Waals surface area contributed by atoms with Crippen LogP contribution in [-0.2, 0) is 16.0 Å². The highest BCUT2D eigenvalue weighted by atomic mass is 35.5. The topological polar surface area (TPSA) is 49.4 Å². The molecule has 1 N–H and O–H groups in total. The summed E-state index contributed by atoms with van der Waals surface area (Å²) in [5.74, 6) is 0.715. The number of benzene rings is 2. The highest BCUT2D eigenvalue weighted by Gasteiger charge is 2.22. The summed E-state index contributed by atoms with van der Waals surface area (Å²) >= 11 is 13.9. The lowest BCUT2D eigenvalue weighted by Gasteiger charge is -2.29. The number of para-hydroxylation sites is 1. The van der Waals surface area contributed by atoms with Crippen molar-refractivity contribution < 1.29 is 9.59 Å². The second-order valence-corrected chi connectivity index (χ2v) is 8.10. The molecule has 2 aromatic rings. The van der Waals surface area contributed by atoms with Crippen molar-refractivity contribution in [3.63, 3.8) is 0 Å². The molecule has 7 heteroatoms. The van der Waals surface area contributed by atoms with Crippen LogP contribution < -0.4 is 10.2 Å². The third-order valence-corrected chi connectivity index (χ3v) is 6.24. The molecule has 1 heterocycles. The number of carbonyl (C=O) groups excluding carboxylic acids is 2. The van der Waals surface area contributed by atoms with Crippen molar-refractivity contribution in [3.8, 4) is 0 Å². The van der Waals surface area contributed by atoms with Crippen LogP contribution in [0.2, 0.25) is 10.0 Å². The Morgan fingerprint density at radius 3 is 2.74 bits per heavy atom. The van der Waals surface area contributed by atoms with Crippen LogP contribution in [0.15, 0.2) is 47.4 Å². The van der Waals surface area contributed by atoms with E-state index < -0.39 is 0 Å². The van der Waals surface area contributed by atoms with E-state index in [9.17, 15) is 9.59 Å². The number of amides is 2. The monoisotopic (exact) mass is 422 g/mol. The molecule has 0 fully saturated rings. The average molecular weight is 423 g/mol. The van der Waals surface area contributed by atoms with Gasteiger partial charge in [-0.05, 0) is 30.2 Å². The van der Waals surface area contributed by atoms with Crippen molar-refractivity contribution in [1.82, 2.24) is 5.32 Å². The Hall–Kier alpha value is -1.69. The van der Waals surface area contributed by atoms with E-state index in [1.165, 1.54) is 0 Å². The number of anilines is 1. The first-order valence-corrected chi connectivity index (χ1v) is 10.5. The molecule has 4 nitrogen and oxygen atoms in total. The number of halogens is 2. The summed E-state index contributed by atoms with van der Waals surface area (Å²) in [7, 11) is 0. The minimum absolute atomic E-state index is 0.0178. The molecule has 0 unspecified atom stereocenters. The van der Waals surface area contributed by atoms with Crippen LogP contribution in [0, 0.1) is 0 Å². The first-order chi connectivity index (χ1) is 13.1. The van der Waals surface area contributed by atoms with Gasteiger partial charge in [-0.2, -0.15) is 0 Å². The Labute approximate surface area is 173 Å². The van der Waals surface area contributed by atoms with Crippen LogP contribution >= 0.6 is 35.0 Å². The zero-order valence-corrected chi connectivity index (χ0v) is 17.0. The summed E-state index contributed by atoms with van der Waals surface area (Å²) in [6.07, 6.45) is 0.965. The second-order valence-electron chi connectivity index (χ2n) is 6.17. The molecule has 1 aliphatic heterocycles. The lowest BCUT2D eigenvalue weighted by Crippen LogP contribution is -2.36. The Balaban J connectivity index is 1.46. The van der Waals surface area contributed by atoms with Gasteiger partial charge in [0.05, 0.1) is 15.7 Å². The van der Waals surface area contributed by atoms with Crippen LogP contribution in [0.4, 0.5) is 5.69 Å². The normalized spacial score (nSPS) is 13.2. The summed E-state index contributed by atoms with van der Waals surface area (Å²) in [6, 6.07) is 13.3. The molecular weight excluding hydrogens is 403 g/mol. The number of fused-ring (bicyclic) bond motifs is 1. The van der Waals surface area contributed by atoms with Crippen molar-refractivity contribution in [2.75, 3.05) is 23.7 Å². The largest absolute Gasteiger partial charge is 0.356 e. The van der Waals surface area contributed by atoms with Crippen LogP contribution in [0.3, 0.4) is 0 Å². The van der Waals surface area contributed by atoms with Gasteiger partial charge in [0.2, 0.25) is 11.8 Å². The third-order valence-electron chi connectivity index (χ3n) is 4.34. The SMILES string of the molecule is O=C(CCC(=O)N1CCSc2ccccc21)NCCc1cccc(Cl)c1Cl. The maximum atomic E-state index is 12.5. The van der Waals surface area contributed by atoms with Crippen molar-refractivity contribution >= 4 is 52.5 Å². The summed E-state index contributed by atoms with van der Waals surface area (Å²) in [5.41, 5.74) is 1.83. The molecule has 0 bridgehead atoms. The predicted octanol–water partition coefficient (Wildman–Crippen LogP) is 4.57. The number of nitrogens with one attached hydrogen (secondary N) is 1. The summed E-state index contributed by atoms with van der Waals surface area (Å²) in [4.78, 5) is 27.5. The maximum Gasteiger partial charge on any atom is 0.227 e. The number of hydrogen-bond donors (Lipinski definition) is 1. The first kappa shape index (κ1) is 20.1. The van der Waals surface area contributed by atoms with Gasteiger partial charge < -0.3 is 10.2 Å². The molecule has 1 aliphatic rings. The van der Waals surface area contributed by atoms with E-state index in [2.05, 4.69) is 5.32 Å². The molecule has 142 valence electrons. The Morgan fingerprint density at radius 1 is 1.07 bits per heavy atom. The van der Waals surface area contributed by atoms with E-state index in [0.29, 0.717) is 29.6 Å². The lowest BCUT2D eigenvalue weighted by atomic mass is 10.1. The van der Waals surface area contributed by atoms with Gasteiger partial charge in [-0.15, -0.1) is 11.8 Å². The third kappa shape index (κ3) is 5.18. The molecule has 2 aromatic carbocycles. The van der Waals surface area contributed by atoms with Gasteiger partial charge in [-0.1, -0.05) is 47.5 Å². The minimum atomic E-state index is -0.138. The molecule has 0 aliphatic carbocycles. The Kier molecular flexibility index (Phi) is 7.05. The van der Waals surface area contributed by atoms with Gasteiger partial charge in [0.1, 0.15) is 0 Å². The molecule has 3 rings (SSSR count). The van der Waals surface area contributed by atoms with E-state index >= 15 is 0 Å². The zero-order chi connectivity index (χ0) is 19.2. The summed E-state index contributed by atoms with van der Waals surface area (Å²) in [6.45, 7) is 1.13. The number of rotatable bonds is 6. The van der Waals surface area contributed by atoms with Gasteiger partial charge in [0.25, 0.3) is 0 Å².